The molecule has 1 aromatic heterocycles. The fraction of sp³-hybridized carbons (Fsp3) is 0.381. The molecule has 8 heteroatoms. The van der Waals surface area contributed by atoms with Gasteiger partial charge in [0.1, 0.15) is 10.8 Å². The molecule has 1 heterocycles. The molecule has 29 heavy (non-hydrogen) atoms. The quantitative estimate of drug-likeness (QED) is 0.455. The molecule has 0 fully saturated rings. The van der Waals surface area contributed by atoms with Crippen molar-refractivity contribution in [1.29, 1.82) is 0 Å². The zero-order chi connectivity index (χ0) is 21.2. The van der Waals surface area contributed by atoms with Crippen LogP contribution in [0.15, 0.2) is 35.4 Å². The van der Waals surface area contributed by atoms with Gasteiger partial charge in [-0.1, -0.05) is 19.1 Å². The van der Waals surface area contributed by atoms with Crippen LogP contribution in [-0.2, 0) is 22.6 Å². The van der Waals surface area contributed by atoms with Gasteiger partial charge in [0.25, 0.3) is 5.91 Å². The number of thioether (sulfide) groups is 1. The van der Waals surface area contributed by atoms with E-state index in [1.807, 2.05) is 19.9 Å². The van der Waals surface area contributed by atoms with Crippen LogP contribution in [0, 0.1) is 12.7 Å². The summed E-state index contributed by atoms with van der Waals surface area (Å²) >= 11 is 1.48. The Morgan fingerprint density at radius 3 is 2.69 bits per heavy atom. The lowest BCUT2D eigenvalue weighted by Gasteiger charge is -2.14. The van der Waals surface area contributed by atoms with Crippen molar-refractivity contribution in [2.24, 2.45) is 0 Å². The van der Waals surface area contributed by atoms with E-state index >= 15 is 0 Å². The Hall–Kier alpha value is -2.45. The van der Waals surface area contributed by atoms with E-state index in [1.165, 1.54) is 23.9 Å². The molecule has 0 radical (unpaired) electrons. The second kappa shape index (κ2) is 11.5. The number of esters is 1. The number of amides is 1. The number of nitrogens with one attached hydrogen (secondary N) is 2. The Labute approximate surface area is 174 Å². The summed E-state index contributed by atoms with van der Waals surface area (Å²) in [6, 6.07) is 7.96. The van der Waals surface area contributed by atoms with Gasteiger partial charge in [-0.15, -0.1) is 11.8 Å². The summed E-state index contributed by atoms with van der Waals surface area (Å²) in [5.41, 5.74) is 2.74. The van der Waals surface area contributed by atoms with E-state index in [9.17, 15) is 14.0 Å². The molecule has 2 aromatic rings. The van der Waals surface area contributed by atoms with Gasteiger partial charge in [0, 0.05) is 13.1 Å². The summed E-state index contributed by atoms with van der Waals surface area (Å²) in [5, 5.41) is 6.48. The molecule has 0 aliphatic carbocycles. The number of aryl methyl sites for hydroxylation is 1. The molecular weight excluding hydrogens is 393 g/mol. The van der Waals surface area contributed by atoms with Crippen molar-refractivity contribution in [2.75, 3.05) is 18.9 Å². The molecule has 0 saturated carbocycles. The minimum Gasteiger partial charge on any atom is -0.465 e. The third-order valence-electron chi connectivity index (χ3n) is 3.97. The van der Waals surface area contributed by atoms with Crippen molar-refractivity contribution in [3.8, 4) is 0 Å². The maximum absolute atomic E-state index is 13.3. The topological polar surface area (TPSA) is 80.3 Å². The molecule has 1 amide bonds. The van der Waals surface area contributed by atoms with Crippen LogP contribution in [0.2, 0.25) is 0 Å². The number of pyridine rings is 1. The van der Waals surface area contributed by atoms with Crippen molar-refractivity contribution < 1.29 is 18.7 Å². The van der Waals surface area contributed by atoms with Crippen LogP contribution in [0.1, 0.15) is 41.0 Å². The van der Waals surface area contributed by atoms with Gasteiger partial charge < -0.3 is 15.4 Å². The van der Waals surface area contributed by atoms with E-state index in [0.29, 0.717) is 29.3 Å². The third-order valence-corrected chi connectivity index (χ3v) is 4.82. The first-order valence-electron chi connectivity index (χ1n) is 9.46. The van der Waals surface area contributed by atoms with Gasteiger partial charge in [0.2, 0.25) is 0 Å². The lowest BCUT2D eigenvalue weighted by molar-refractivity contribution is -0.142. The highest BCUT2D eigenvalue weighted by atomic mass is 32.2. The molecule has 0 bridgehead atoms. The van der Waals surface area contributed by atoms with E-state index in [-0.39, 0.29) is 30.8 Å². The lowest BCUT2D eigenvalue weighted by Crippen LogP contribution is -2.26. The largest absolute Gasteiger partial charge is 0.465 e. The van der Waals surface area contributed by atoms with Gasteiger partial charge in [-0.2, -0.15) is 0 Å². The molecule has 0 saturated heterocycles. The number of halogens is 1. The SMILES string of the molecule is CCOC(=O)CNCc1cc(C)c(C(=O)NCc2cccc(F)c2)c(SCC)n1. The van der Waals surface area contributed by atoms with Crippen molar-refractivity contribution >= 4 is 23.6 Å². The van der Waals surface area contributed by atoms with E-state index in [2.05, 4.69) is 15.6 Å². The van der Waals surface area contributed by atoms with Crippen molar-refractivity contribution in [1.82, 2.24) is 15.6 Å². The standard InChI is InChI=1S/C21H26FN3O3S/c1-4-28-18(26)13-23-12-17-9-14(3)19(21(25-17)29-5-2)20(27)24-11-15-7-6-8-16(22)10-15/h6-10,23H,4-5,11-13H2,1-3H3,(H,24,27). The van der Waals surface area contributed by atoms with Gasteiger partial charge in [0.05, 0.1) is 24.4 Å². The molecule has 0 atom stereocenters. The van der Waals surface area contributed by atoms with Gasteiger partial charge in [-0.05, 0) is 48.9 Å². The Bertz CT molecular complexity index is 861. The molecule has 2 rings (SSSR count). The Kier molecular flexibility index (Phi) is 9.08. The first kappa shape index (κ1) is 22.8. The van der Waals surface area contributed by atoms with Crippen molar-refractivity contribution in [3.63, 3.8) is 0 Å². The Morgan fingerprint density at radius 2 is 2.00 bits per heavy atom. The van der Waals surface area contributed by atoms with Crippen LogP contribution in [-0.4, -0.2) is 35.8 Å². The molecule has 2 N–H and O–H groups in total. The van der Waals surface area contributed by atoms with Crippen LogP contribution in [0.4, 0.5) is 4.39 Å². The molecular formula is C21H26FN3O3S. The van der Waals surface area contributed by atoms with Crippen molar-refractivity contribution in [2.45, 2.75) is 38.9 Å². The number of hydrogen-bond acceptors (Lipinski definition) is 6. The maximum Gasteiger partial charge on any atom is 0.319 e. The number of aromatic nitrogens is 1. The molecule has 0 aliphatic heterocycles. The maximum atomic E-state index is 13.3. The van der Waals surface area contributed by atoms with Crippen LogP contribution >= 0.6 is 11.8 Å². The summed E-state index contributed by atoms with van der Waals surface area (Å²) in [6.45, 7) is 6.66. The number of nitrogens with zero attached hydrogens (tertiary/aromatic N) is 1. The average molecular weight is 420 g/mol. The van der Waals surface area contributed by atoms with Gasteiger partial charge in [-0.25, -0.2) is 9.37 Å². The summed E-state index contributed by atoms with van der Waals surface area (Å²) < 4.78 is 18.2. The van der Waals surface area contributed by atoms with Gasteiger partial charge in [-0.3, -0.25) is 9.59 Å². The van der Waals surface area contributed by atoms with Crippen LogP contribution in [0.5, 0.6) is 0 Å². The van der Waals surface area contributed by atoms with Gasteiger partial charge >= 0.3 is 5.97 Å². The molecule has 0 spiro atoms. The number of carbonyl (C=O) groups excluding carboxylic acids is 2. The van der Waals surface area contributed by atoms with E-state index in [1.54, 1.807) is 19.1 Å². The highest BCUT2D eigenvalue weighted by molar-refractivity contribution is 7.99. The number of rotatable bonds is 10. The Morgan fingerprint density at radius 1 is 1.21 bits per heavy atom. The minimum atomic E-state index is -0.337. The van der Waals surface area contributed by atoms with Crippen LogP contribution in [0.25, 0.3) is 0 Å². The lowest BCUT2D eigenvalue weighted by atomic mass is 10.1. The smallest absolute Gasteiger partial charge is 0.319 e. The summed E-state index contributed by atoms with van der Waals surface area (Å²) in [4.78, 5) is 28.8. The zero-order valence-electron chi connectivity index (χ0n) is 16.9. The van der Waals surface area contributed by atoms with Crippen LogP contribution in [0.3, 0.4) is 0 Å². The fourth-order valence-corrected chi connectivity index (χ4v) is 3.59. The average Bonchev–Trinajstić information content (AvgIpc) is 2.66. The molecule has 1 aromatic carbocycles. The third kappa shape index (κ3) is 7.14. The predicted molar refractivity (Wildman–Crippen MR) is 111 cm³/mol. The van der Waals surface area contributed by atoms with Crippen LogP contribution < -0.4 is 10.6 Å². The zero-order valence-corrected chi connectivity index (χ0v) is 17.7. The highest BCUT2D eigenvalue weighted by Gasteiger charge is 2.17. The number of benzene rings is 1. The molecule has 156 valence electrons. The van der Waals surface area contributed by atoms with Crippen molar-refractivity contribution in [3.05, 3.63) is 58.5 Å². The fourth-order valence-electron chi connectivity index (χ4n) is 2.74. The summed E-state index contributed by atoms with van der Waals surface area (Å²) in [7, 11) is 0. The first-order valence-corrected chi connectivity index (χ1v) is 10.4. The first-order chi connectivity index (χ1) is 13.9. The molecule has 6 nitrogen and oxygen atoms in total. The minimum absolute atomic E-state index is 0.0979. The highest BCUT2D eigenvalue weighted by Crippen LogP contribution is 2.24. The molecule has 0 aliphatic rings. The number of hydrogen-bond donors (Lipinski definition) is 2. The second-order valence-electron chi connectivity index (χ2n) is 6.26. The number of ether oxygens (including phenoxy) is 1. The predicted octanol–water partition coefficient (Wildman–Crippen LogP) is 3.22. The Balaban J connectivity index is 2.09. The summed E-state index contributed by atoms with van der Waals surface area (Å²) in [6.07, 6.45) is 0. The van der Waals surface area contributed by atoms with Gasteiger partial charge in [0.15, 0.2) is 0 Å². The summed E-state index contributed by atoms with van der Waals surface area (Å²) in [5.74, 6) is -0.144. The number of carbonyl (C=O) groups is 2. The normalized spacial score (nSPS) is 10.6. The van der Waals surface area contributed by atoms with E-state index in [0.717, 1.165) is 17.0 Å². The van der Waals surface area contributed by atoms with E-state index < -0.39 is 0 Å². The monoisotopic (exact) mass is 419 g/mol. The van der Waals surface area contributed by atoms with E-state index in [4.69, 9.17) is 4.74 Å². The molecule has 0 unspecified atom stereocenters. The second-order valence-corrected chi connectivity index (χ2v) is 7.52.